The minimum atomic E-state index is -1.02. The Morgan fingerprint density at radius 1 is 1.45 bits per heavy atom. The lowest BCUT2D eigenvalue weighted by Crippen LogP contribution is -2.33. The molecule has 112 valence electrons. The fourth-order valence-corrected chi connectivity index (χ4v) is 2.47. The Hall–Kier alpha value is -0.940. The Labute approximate surface area is 126 Å². The quantitative estimate of drug-likeness (QED) is 0.876. The fraction of sp³-hybridized carbons (Fsp3) is 0.500. The van der Waals surface area contributed by atoms with Gasteiger partial charge in [-0.05, 0) is 18.1 Å². The third kappa shape index (κ3) is 5.21. The summed E-state index contributed by atoms with van der Waals surface area (Å²) in [5.74, 6) is -0.328. The van der Waals surface area contributed by atoms with E-state index in [-0.39, 0.29) is 18.2 Å². The molecule has 0 aliphatic heterocycles. The highest BCUT2D eigenvalue weighted by molar-refractivity contribution is 7.84. The van der Waals surface area contributed by atoms with Crippen LogP contribution in [0.2, 0.25) is 5.02 Å². The fourth-order valence-electron chi connectivity index (χ4n) is 1.84. The number of carbonyl (C=O) groups excluding carboxylic acids is 1. The molecule has 0 spiro atoms. The largest absolute Gasteiger partial charge is 0.349 e. The minimum Gasteiger partial charge on any atom is -0.349 e. The minimum absolute atomic E-state index is 0.0294. The van der Waals surface area contributed by atoms with E-state index in [9.17, 15) is 13.4 Å². The molecule has 0 aliphatic carbocycles. The van der Waals surface area contributed by atoms with Gasteiger partial charge in [0.2, 0.25) is 5.91 Å². The predicted octanol–water partition coefficient (Wildman–Crippen LogP) is 3.06. The summed E-state index contributed by atoms with van der Waals surface area (Å²) >= 11 is 5.73. The molecule has 2 atom stereocenters. The van der Waals surface area contributed by atoms with Crippen LogP contribution >= 0.6 is 11.6 Å². The van der Waals surface area contributed by atoms with Crippen LogP contribution in [0.1, 0.15) is 31.9 Å². The summed E-state index contributed by atoms with van der Waals surface area (Å²) in [6.07, 6.45) is 1.72. The zero-order valence-corrected chi connectivity index (χ0v) is 13.4. The predicted molar refractivity (Wildman–Crippen MR) is 80.7 cm³/mol. The molecule has 6 heteroatoms. The van der Waals surface area contributed by atoms with Crippen molar-refractivity contribution in [3.8, 4) is 0 Å². The molecule has 0 saturated heterocycles. The zero-order chi connectivity index (χ0) is 15.3. The van der Waals surface area contributed by atoms with Crippen LogP contribution in [-0.4, -0.2) is 22.1 Å². The topological polar surface area (TPSA) is 46.2 Å². The van der Waals surface area contributed by atoms with Crippen LogP contribution in [0.4, 0.5) is 4.39 Å². The molecule has 1 amide bonds. The Balaban J connectivity index is 2.84. The second-order valence-corrected chi connectivity index (χ2v) is 6.97. The van der Waals surface area contributed by atoms with Gasteiger partial charge in [-0.1, -0.05) is 31.5 Å². The lowest BCUT2D eigenvalue weighted by molar-refractivity contribution is -0.121. The summed E-state index contributed by atoms with van der Waals surface area (Å²) in [6, 6.07) is 3.99. The van der Waals surface area contributed by atoms with Gasteiger partial charge in [0.05, 0.1) is 6.04 Å². The first kappa shape index (κ1) is 17.1. The molecule has 20 heavy (non-hydrogen) atoms. The number of amides is 1. The van der Waals surface area contributed by atoms with Crippen molar-refractivity contribution < 1.29 is 13.4 Å². The lowest BCUT2D eigenvalue weighted by atomic mass is 9.95. The molecule has 0 unspecified atom stereocenters. The van der Waals surface area contributed by atoms with Gasteiger partial charge in [-0.3, -0.25) is 9.00 Å². The number of hydrogen-bond acceptors (Lipinski definition) is 2. The molecule has 1 N–H and O–H groups in total. The van der Waals surface area contributed by atoms with Crippen molar-refractivity contribution >= 4 is 28.3 Å². The second kappa shape index (κ2) is 7.74. The highest BCUT2D eigenvalue weighted by Crippen LogP contribution is 2.26. The number of nitrogens with one attached hydrogen (secondary N) is 1. The van der Waals surface area contributed by atoms with E-state index in [0.717, 1.165) is 0 Å². The molecule has 1 aromatic carbocycles. The maximum atomic E-state index is 13.9. The average molecular weight is 320 g/mol. The van der Waals surface area contributed by atoms with E-state index >= 15 is 0 Å². The summed E-state index contributed by atoms with van der Waals surface area (Å²) in [6.45, 7) is 3.80. The van der Waals surface area contributed by atoms with Crippen molar-refractivity contribution in [1.29, 1.82) is 0 Å². The Morgan fingerprint density at radius 3 is 2.60 bits per heavy atom. The number of carbonyl (C=O) groups is 1. The highest BCUT2D eigenvalue weighted by Gasteiger charge is 2.21. The van der Waals surface area contributed by atoms with E-state index in [0.29, 0.717) is 16.3 Å². The summed E-state index contributed by atoms with van der Waals surface area (Å²) in [5.41, 5.74) is 0.412. The van der Waals surface area contributed by atoms with Gasteiger partial charge >= 0.3 is 0 Å². The molecule has 3 nitrogen and oxygen atoms in total. The summed E-state index contributed by atoms with van der Waals surface area (Å²) < 4.78 is 24.9. The highest BCUT2D eigenvalue weighted by atomic mass is 35.5. The molecule has 0 saturated carbocycles. The van der Waals surface area contributed by atoms with Gasteiger partial charge in [-0.25, -0.2) is 4.39 Å². The molecule has 1 rings (SSSR count). The number of halogens is 2. The van der Waals surface area contributed by atoms with Crippen molar-refractivity contribution in [3.05, 3.63) is 34.6 Å². The molecular weight excluding hydrogens is 301 g/mol. The van der Waals surface area contributed by atoms with Crippen LogP contribution in [0.5, 0.6) is 0 Å². The third-order valence-electron chi connectivity index (χ3n) is 2.90. The summed E-state index contributed by atoms with van der Waals surface area (Å²) in [5, 5.41) is 3.11. The smallest absolute Gasteiger partial charge is 0.221 e. The standard InChI is InChI=1S/C14H19ClFNO2S/c1-9(2)14(17-13(18)6-7-20(3)19)11-5-4-10(15)8-12(11)16/h4-5,8-9,14H,6-7H2,1-3H3,(H,17,18)/t14-,20-/m1/s1. The van der Waals surface area contributed by atoms with E-state index in [1.165, 1.54) is 6.07 Å². The molecule has 1 aromatic rings. The average Bonchev–Trinajstić information content (AvgIpc) is 2.34. The lowest BCUT2D eigenvalue weighted by Gasteiger charge is -2.23. The number of rotatable bonds is 6. The Morgan fingerprint density at radius 2 is 2.10 bits per heavy atom. The Bertz CT molecular complexity index is 508. The van der Waals surface area contributed by atoms with Gasteiger partial charge in [-0.15, -0.1) is 0 Å². The van der Waals surface area contributed by atoms with Gasteiger partial charge in [-0.2, -0.15) is 0 Å². The Kier molecular flexibility index (Phi) is 6.62. The first-order valence-corrected chi connectivity index (χ1v) is 8.46. The SMILES string of the molecule is CC(C)[C@@H](NC(=O)CC[S@@](C)=O)c1ccc(Cl)cc1F. The van der Waals surface area contributed by atoms with E-state index in [2.05, 4.69) is 5.32 Å². The molecule has 0 bridgehead atoms. The molecule has 0 heterocycles. The van der Waals surface area contributed by atoms with E-state index in [1.54, 1.807) is 18.4 Å². The van der Waals surface area contributed by atoms with E-state index < -0.39 is 22.7 Å². The van der Waals surface area contributed by atoms with Crippen molar-refractivity contribution in [2.45, 2.75) is 26.3 Å². The first-order chi connectivity index (χ1) is 9.31. The molecule has 0 fully saturated rings. The van der Waals surface area contributed by atoms with Gasteiger partial charge in [0, 0.05) is 39.8 Å². The van der Waals surface area contributed by atoms with Gasteiger partial charge < -0.3 is 5.32 Å². The second-order valence-electron chi connectivity index (χ2n) is 4.98. The molecule has 0 aliphatic rings. The van der Waals surface area contributed by atoms with Crippen molar-refractivity contribution in [3.63, 3.8) is 0 Å². The van der Waals surface area contributed by atoms with Gasteiger partial charge in [0.1, 0.15) is 5.82 Å². The van der Waals surface area contributed by atoms with Crippen LogP contribution in [0.25, 0.3) is 0 Å². The molecule has 0 aromatic heterocycles. The first-order valence-electron chi connectivity index (χ1n) is 6.35. The van der Waals surface area contributed by atoms with Crippen LogP contribution in [0.15, 0.2) is 18.2 Å². The van der Waals surface area contributed by atoms with E-state index in [4.69, 9.17) is 11.6 Å². The number of benzene rings is 1. The van der Waals surface area contributed by atoms with Crippen LogP contribution in [0.3, 0.4) is 0 Å². The maximum absolute atomic E-state index is 13.9. The summed E-state index contributed by atoms with van der Waals surface area (Å²) in [4.78, 5) is 11.8. The normalized spacial score (nSPS) is 14.1. The molecular formula is C14H19ClFNO2S. The number of hydrogen-bond donors (Lipinski definition) is 1. The van der Waals surface area contributed by atoms with Crippen LogP contribution < -0.4 is 5.32 Å². The zero-order valence-electron chi connectivity index (χ0n) is 11.8. The van der Waals surface area contributed by atoms with Crippen LogP contribution in [-0.2, 0) is 15.6 Å². The van der Waals surface area contributed by atoms with Gasteiger partial charge in [0.15, 0.2) is 0 Å². The van der Waals surface area contributed by atoms with Crippen molar-refractivity contribution in [1.82, 2.24) is 5.32 Å². The molecule has 0 radical (unpaired) electrons. The van der Waals surface area contributed by atoms with E-state index in [1.807, 2.05) is 13.8 Å². The van der Waals surface area contributed by atoms with Crippen molar-refractivity contribution in [2.24, 2.45) is 5.92 Å². The van der Waals surface area contributed by atoms with Crippen LogP contribution in [0, 0.1) is 11.7 Å². The maximum Gasteiger partial charge on any atom is 0.221 e. The summed E-state index contributed by atoms with van der Waals surface area (Å²) in [7, 11) is -1.02. The third-order valence-corrected chi connectivity index (χ3v) is 3.91. The monoisotopic (exact) mass is 319 g/mol. The van der Waals surface area contributed by atoms with Crippen molar-refractivity contribution in [2.75, 3.05) is 12.0 Å². The van der Waals surface area contributed by atoms with Gasteiger partial charge in [0.25, 0.3) is 0 Å².